The van der Waals surface area contributed by atoms with Crippen LogP contribution in [0, 0.1) is 0 Å². The molecule has 4 heteroatoms. The highest BCUT2D eigenvalue weighted by Crippen LogP contribution is 2.08. The van der Waals surface area contributed by atoms with Gasteiger partial charge in [0.05, 0.1) is 6.17 Å². The standard InChI is InChI=1S/C8H18N2O2/c1-8(2,3)12-7(11)5-4-6(9)10/h6H,4-5,9-10H2,1-3H3. The Balaban J connectivity index is 3.61. The van der Waals surface area contributed by atoms with Gasteiger partial charge in [0.15, 0.2) is 0 Å². The highest BCUT2D eigenvalue weighted by atomic mass is 16.6. The van der Waals surface area contributed by atoms with E-state index in [2.05, 4.69) is 0 Å². The van der Waals surface area contributed by atoms with Crippen LogP contribution in [0.4, 0.5) is 0 Å². The summed E-state index contributed by atoms with van der Waals surface area (Å²) >= 11 is 0. The van der Waals surface area contributed by atoms with E-state index in [0.29, 0.717) is 6.42 Å². The summed E-state index contributed by atoms with van der Waals surface area (Å²) in [7, 11) is 0. The Hall–Kier alpha value is -0.610. The minimum atomic E-state index is -0.433. The smallest absolute Gasteiger partial charge is 0.306 e. The van der Waals surface area contributed by atoms with Crippen molar-refractivity contribution in [3.8, 4) is 0 Å². The van der Waals surface area contributed by atoms with Gasteiger partial charge in [-0.3, -0.25) is 4.79 Å². The third-order valence-corrected chi connectivity index (χ3v) is 1.10. The Labute approximate surface area is 73.2 Å². The molecule has 0 rings (SSSR count). The highest BCUT2D eigenvalue weighted by Gasteiger charge is 2.15. The van der Waals surface area contributed by atoms with Crippen molar-refractivity contribution in [3.63, 3.8) is 0 Å². The van der Waals surface area contributed by atoms with Crippen molar-refractivity contribution in [2.75, 3.05) is 0 Å². The number of ether oxygens (including phenoxy) is 1. The molecule has 0 unspecified atom stereocenters. The monoisotopic (exact) mass is 174 g/mol. The number of hydrogen-bond acceptors (Lipinski definition) is 4. The van der Waals surface area contributed by atoms with Crippen molar-refractivity contribution < 1.29 is 9.53 Å². The Morgan fingerprint density at radius 3 is 2.25 bits per heavy atom. The lowest BCUT2D eigenvalue weighted by molar-refractivity contribution is -0.155. The average Bonchev–Trinajstić information content (AvgIpc) is 1.79. The van der Waals surface area contributed by atoms with Gasteiger partial charge in [0.1, 0.15) is 5.60 Å². The number of rotatable bonds is 3. The summed E-state index contributed by atoms with van der Waals surface area (Å²) in [5.41, 5.74) is 10.1. The molecule has 0 spiro atoms. The largest absolute Gasteiger partial charge is 0.460 e. The predicted octanol–water partition coefficient (Wildman–Crippen LogP) is 0.352. The molecule has 0 bridgehead atoms. The van der Waals surface area contributed by atoms with Gasteiger partial charge in [0.25, 0.3) is 0 Å². The van der Waals surface area contributed by atoms with E-state index in [1.165, 1.54) is 0 Å². The van der Waals surface area contributed by atoms with Gasteiger partial charge in [0, 0.05) is 6.42 Å². The minimum absolute atomic E-state index is 0.247. The van der Waals surface area contributed by atoms with Crippen LogP contribution in [-0.2, 0) is 9.53 Å². The van der Waals surface area contributed by atoms with Crippen LogP contribution in [0.2, 0.25) is 0 Å². The molecule has 72 valence electrons. The van der Waals surface area contributed by atoms with E-state index in [-0.39, 0.29) is 12.4 Å². The fourth-order valence-corrected chi connectivity index (χ4v) is 0.677. The van der Waals surface area contributed by atoms with Crippen molar-refractivity contribution >= 4 is 5.97 Å². The zero-order valence-corrected chi connectivity index (χ0v) is 7.96. The fourth-order valence-electron chi connectivity index (χ4n) is 0.677. The molecule has 0 heterocycles. The second-order valence-corrected chi connectivity index (χ2v) is 3.79. The summed E-state index contributed by atoms with van der Waals surface area (Å²) in [5, 5.41) is 0. The van der Waals surface area contributed by atoms with Crippen LogP contribution in [0.1, 0.15) is 33.6 Å². The summed E-state index contributed by atoms with van der Waals surface area (Å²) in [6.45, 7) is 5.48. The first-order valence-corrected chi connectivity index (χ1v) is 4.04. The SMILES string of the molecule is CC(C)(C)OC(=O)CCC(N)N. The van der Waals surface area contributed by atoms with Gasteiger partial charge in [-0.1, -0.05) is 0 Å². The van der Waals surface area contributed by atoms with E-state index in [1.807, 2.05) is 20.8 Å². The van der Waals surface area contributed by atoms with E-state index in [1.54, 1.807) is 0 Å². The normalized spacial score (nSPS) is 11.8. The van der Waals surface area contributed by atoms with Crippen molar-refractivity contribution in [1.82, 2.24) is 0 Å². The molecular weight excluding hydrogens is 156 g/mol. The third kappa shape index (κ3) is 7.50. The fraction of sp³-hybridized carbons (Fsp3) is 0.875. The van der Waals surface area contributed by atoms with E-state index in [9.17, 15) is 4.79 Å². The van der Waals surface area contributed by atoms with Gasteiger partial charge in [-0.15, -0.1) is 0 Å². The molecule has 0 fully saturated rings. The van der Waals surface area contributed by atoms with Crippen LogP contribution in [0.3, 0.4) is 0 Å². The molecule has 0 aromatic rings. The van der Waals surface area contributed by atoms with E-state index < -0.39 is 11.8 Å². The quantitative estimate of drug-likeness (QED) is 0.478. The van der Waals surface area contributed by atoms with Crippen LogP contribution >= 0.6 is 0 Å². The number of carbonyl (C=O) groups excluding carboxylic acids is 1. The Kier molecular flexibility index (Phi) is 4.20. The predicted molar refractivity (Wildman–Crippen MR) is 47.2 cm³/mol. The van der Waals surface area contributed by atoms with Crippen molar-refractivity contribution in [2.45, 2.75) is 45.4 Å². The first kappa shape index (κ1) is 11.4. The molecule has 0 aliphatic carbocycles. The molecule has 0 atom stereocenters. The van der Waals surface area contributed by atoms with Gasteiger partial charge in [-0.05, 0) is 27.2 Å². The molecule has 0 amide bonds. The van der Waals surface area contributed by atoms with Crippen LogP contribution in [0.25, 0.3) is 0 Å². The maximum atomic E-state index is 11.0. The van der Waals surface area contributed by atoms with Crippen LogP contribution in [0.15, 0.2) is 0 Å². The molecular formula is C8H18N2O2. The lowest BCUT2D eigenvalue weighted by Crippen LogP contribution is -2.32. The van der Waals surface area contributed by atoms with Crippen molar-refractivity contribution in [1.29, 1.82) is 0 Å². The van der Waals surface area contributed by atoms with Gasteiger partial charge in [-0.25, -0.2) is 0 Å². The maximum Gasteiger partial charge on any atom is 0.306 e. The van der Waals surface area contributed by atoms with Gasteiger partial charge >= 0.3 is 5.97 Å². The molecule has 4 nitrogen and oxygen atoms in total. The second kappa shape index (κ2) is 4.42. The highest BCUT2D eigenvalue weighted by molar-refractivity contribution is 5.69. The summed E-state index contributed by atoms with van der Waals surface area (Å²) < 4.78 is 5.04. The average molecular weight is 174 g/mol. The molecule has 4 N–H and O–H groups in total. The summed E-state index contributed by atoms with van der Waals surface area (Å²) in [4.78, 5) is 11.0. The minimum Gasteiger partial charge on any atom is -0.460 e. The number of carbonyl (C=O) groups is 1. The van der Waals surface area contributed by atoms with E-state index in [0.717, 1.165) is 0 Å². The van der Waals surface area contributed by atoms with E-state index >= 15 is 0 Å². The second-order valence-electron chi connectivity index (χ2n) is 3.79. The van der Waals surface area contributed by atoms with Crippen LogP contribution in [-0.4, -0.2) is 17.7 Å². The number of nitrogens with two attached hydrogens (primary N) is 2. The Morgan fingerprint density at radius 1 is 1.42 bits per heavy atom. The van der Waals surface area contributed by atoms with Crippen molar-refractivity contribution in [2.24, 2.45) is 11.5 Å². The van der Waals surface area contributed by atoms with Gasteiger partial charge in [-0.2, -0.15) is 0 Å². The molecule has 0 saturated carbocycles. The van der Waals surface area contributed by atoms with Crippen LogP contribution in [0.5, 0.6) is 0 Å². The lowest BCUT2D eigenvalue weighted by Gasteiger charge is -2.19. The summed E-state index contributed by atoms with van der Waals surface area (Å²) in [6.07, 6.45) is 0.321. The number of hydrogen-bond donors (Lipinski definition) is 2. The zero-order valence-electron chi connectivity index (χ0n) is 7.96. The Bertz CT molecular complexity index is 150. The molecule has 0 saturated heterocycles. The molecule has 12 heavy (non-hydrogen) atoms. The maximum absolute atomic E-state index is 11.0. The molecule has 0 aliphatic heterocycles. The van der Waals surface area contributed by atoms with Crippen molar-refractivity contribution in [3.05, 3.63) is 0 Å². The van der Waals surface area contributed by atoms with Crippen LogP contribution < -0.4 is 11.5 Å². The molecule has 0 aromatic carbocycles. The zero-order chi connectivity index (χ0) is 9.78. The summed E-state index contributed by atoms with van der Waals surface area (Å²) in [5.74, 6) is -0.247. The topological polar surface area (TPSA) is 78.3 Å². The first-order valence-electron chi connectivity index (χ1n) is 4.04. The molecule has 0 aromatic heterocycles. The lowest BCUT2D eigenvalue weighted by atomic mass is 10.2. The summed E-state index contributed by atoms with van der Waals surface area (Å²) in [6, 6.07) is 0. The van der Waals surface area contributed by atoms with Gasteiger partial charge < -0.3 is 16.2 Å². The molecule has 0 aliphatic rings. The third-order valence-electron chi connectivity index (χ3n) is 1.10. The first-order chi connectivity index (χ1) is 5.31. The molecule has 0 radical (unpaired) electrons. The van der Waals surface area contributed by atoms with Gasteiger partial charge in [0.2, 0.25) is 0 Å². The Morgan fingerprint density at radius 2 is 1.92 bits per heavy atom. The number of esters is 1. The van der Waals surface area contributed by atoms with E-state index in [4.69, 9.17) is 16.2 Å².